The van der Waals surface area contributed by atoms with Crippen molar-refractivity contribution in [3.63, 3.8) is 0 Å². The largest absolute Gasteiger partial charge is 0.479 e. The van der Waals surface area contributed by atoms with Gasteiger partial charge < -0.3 is 20.2 Å². The number of carboxylic acids is 1. The first-order valence-corrected chi connectivity index (χ1v) is 16.6. The molecule has 3 N–H and O–H groups in total. The molecule has 0 aliphatic heterocycles. The van der Waals surface area contributed by atoms with E-state index in [4.69, 9.17) is 0 Å². The summed E-state index contributed by atoms with van der Waals surface area (Å²) in [6.07, 6.45) is 2.31. The van der Waals surface area contributed by atoms with E-state index < -0.39 is 42.0 Å². The maximum atomic E-state index is 14.8. The fraction of sp³-hybridized carbons (Fsp3) is 0.595. The minimum Gasteiger partial charge on any atom is -0.479 e. The summed E-state index contributed by atoms with van der Waals surface area (Å²) in [5.41, 5.74) is -1.13. The second-order valence-electron chi connectivity index (χ2n) is 13.1. The molecule has 0 bridgehead atoms. The predicted octanol–water partition coefficient (Wildman–Crippen LogP) is 5.74. The van der Waals surface area contributed by atoms with Crippen molar-refractivity contribution in [2.75, 3.05) is 13.1 Å². The normalized spacial score (nSPS) is 15.7. The predicted molar refractivity (Wildman–Crippen MR) is 179 cm³/mol. The molecule has 1 amide bonds. The summed E-state index contributed by atoms with van der Waals surface area (Å²) in [6.45, 7) is 13.3. The number of hydrogen-bond donors (Lipinski definition) is 3. The number of amides is 1. The van der Waals surface area contributed by atoms with Gasteiger partial charge in [0.2, 0.25) is 11.5 Å². The van der Waals surface area contributed by atoms with Crippen LogP contribution in [0.5, 0.6) is 0 Å². The number of carbonyl (C=O) groups is 3. The number of nitrogens with zero attached hydrogens (tertiary/aromatic N) is 2. The van der Waals surface area contributed by atoms with Gasteiger partial charge in [-0.05, 0) is 75.0 Å². The van der Waals surface area contributed by atoms with Crippen LogP contribution in [-0.2, 0) is 27.3 Å². The molecule has 8 heteroatoms. The number of benzene rings is 2. The highest BCUT2D eigenvalue weighted by atomic mass is 16.4. The number of hydrogen-bond acceptors (Lipinski definition) is 6. The molecule has 0 radical (unpaired) electrons. The van der Waals surface area contributed by atoms with E-state index in [0.29, 0.717) is 44.3 Å². The summed E-state index contributed by atoms with van der Waals surface area (Å²) in [5, 5.41) is 31.9. The number of ketones is 1. The standard InChI is InChI=1S/C37H56N2O6/c1-7-21-38(26-31-17-13-10-14-18-31)33(23-27(3)4)35(42)39(22-8-2)32(24-28(5)19-20-29(6)40)34(41)37(45,36(43)44)25-30-15-11-9-12-16-30/h9-18,27-29,32-33,40,45H,7-8,19-26H2,1-6H3,(H,43,44)/t28?,29?,32-,33-,37?/m0/s1. The molecular formula is C37H56N2O6. The van der Waals surface area contributed by atoms with E-state index in [1.54, 1.807) is 42.2 Å². The Balaban J connectivity index is 2.62. The lowest BCUT2D eigenvalue weighted by molar-refractivity contribution is -0.170. The third kappa shape index (κ3) is 11.7. The number of Topliss-reactive ketones (excluding diaryl/α,β-unsaturated/α-hetero) is 1. The molecule has 0 spiro atoms. The summed E-state index contributed by atoms with van der Waals surface area (Å²) < 4.78 is 0. The van der Waals surface area contributed by atoms with Crippen LogP contribution in [0.15, 0.2) is 60.7 Å². The van der Waals surface area contributed by atoms with Crippen molar-refractivity contribution in [3.05, 3.63) is 71.8 Å². The fourth-order valence-electron chi connectivity index (χ4n) is 5.99. The van der Waals surface area contributed by atoms with Crippen molar-refractivity contribution in [3.8, 4) is 0 Å². The van der Waals surface area contributed by atoms with E-state index in [-0.39, 0.29) is 30.7 Å². The fourth-order valence-corrected chi connectivity index (χ4v) is 5.99. The highest BCUT2D eigenvalue weighted by molar-refractivity contribution is 6.10. The summed E-state index contributed by atoms with van der Waals surface area (Å²) in [7, 11) is 0. The first kappa shape index (κ1) is 38.1. The zero-order valence-electron chi connectivity index (χ0n) is 28.2. The number of rotatable bonds is 21. The smallest absolute Gasteiger partial charge is 0.344 e. The van der Waals surface area contributed by atoms with Crippen molar-refractivity contribution >= 4 is 17.7 Å². The number of carbonyl (C=O) groups excluding carboxylic acids is 2. The third-order valence-corrected chi connectivity index (χ3v) is 8.35. The van der Waals surface area contributed by atoms with Crippen LogP contribution in [0.1, 0.15) is 91.2 Å². The van der Waals surface area contributed by atoms with Crippen molar-refractivity contribution < 1.29 is 29.7 Å². The topological polar surface area (TPSA) is 118 Å². The lowest BCUT2D eigenvalue weighted by Crippen LogP contribution is -2.61. The zero-order chi connectivity index (χ0) is 33.6. The Hall–Kier alpha value is -3.07. The van der Waals surface area contributed by atoms with Crippen molar-refractivity contribution in [2.24, 2.45) is 11.8 Å². The van der Waals surface area contributed by atoms with E-state index in [2.05, 4.69) is 25.7 Å². The average Bonchev–Trinajstić information content (AvgIpc) is 3.00. The van der Waals surface area contributed by atoms with Crippen LogP contribution < -0.4 is 0 Å². The molecule has 5 atom stereocenters. The molecular weight excluding hydrogens is 568 g/mol. The molecule has 8 nitrogen and oxygen atoms in total. The minimum atomic E-state index is -2.72. The van der Waals surface area contributed by atoms with E-state index in [9.17, 15) is 29.7 Å². The summed E-state index contributed by atoms with van der Waals surface area (Å²) in [4.78, 5) is 45.6. The van der Waals surface area contributed by atoms with Gasteiger partial charge in [-0.25, -0.2) is 4.79 Å². The van der Waals surface area contributed by atoms with Gasteiger partial charge in [-0.15, -0.1) is 0 Å². The molecule has 0 fully saturated rings. The summed E-state index contributed by atoms with van der Waals surface area (Å²) in [6, 6.07) is 16.9. The molecule has 45 heavy (non-hydrogen) atoms. The molecule has 3 unspecified atom stereocenters. The Morgan fingerprint density at radius 3 is 1.82 bits per heavy atom. The lowest BCUT2D eigenvalue weighted by Gasteiger charge is -2.41. The zero-order valence-corrected chi connectivity index (χ0v) is 28.2. The van der Waals surface area contributed by atoms with Gasteiger partial charge in [-0.3, -0.25) is 14.5 Å². The third-order valence-electron chi connectivity index (χ3n) is 8.35. The molecule has 2 rings (SSSR count). The Kier molecular flexibility index (Phi) is 15.9. The van der Waals surface area contributed by atoms with Crippen LogP contribution in [0.4, 0.5) is 0 Å². The molecule has 0 aliphatic carbocycles. The van der Waals surface area contributed by atoms with E-state index in [1.807, 2.05) is 44.2 Å². The molecule has 0 saturated heterocycles. The van der Waals surface area contributed by atoms with Gasteiger partial charge in [0.25, 0.3) is 0 Å². The molecule has 2 aromatic rings. The summed E-state index contributed by atoms with van der Waals surface area (Å²) in [5.74, 6) is -2.65. The Bertz CT molecular complexity index is 1170. The van der Waals surface area contributed by atoms with Crippen LogP contribution in [-0.4, -0.2) is 79.7 Å². The second kappa shape index (κ2) is 18.8. The lowest BCUT2D eigenvalue weighted by atomic mass is 9.82. The van der Waals surface area contributed by atoms with Crippen LogP contribution in [0.25, 0.3) is 0 Å². The molecule has 0 aromatic heterocycles. The Morgan fingerprint density at radius 2 is 1.33 bits per heavy atom. The maximum Gasteiger partial charge on any atom is 0.344 e. The maximum absolute atomic E-state index is 14.8. The van der Waals surface area contributed by atoms with Crippen molar-refractivity contribution in [2.45, 2.75) is 117 Å². The first-order chi connectivity index (χ1) is 21.3. The van der Waals surface area contributed by atoms with Crippen LogP contribution in [0, 0.1) is 11.8 Å². The highest BCUT2D eigenvalue weighted by Gasteiger charge is 2.50. The molecule has 250 valence electrons. The number of carboxylic acid groups (broad SMARTS) is 1. The van der Waals surface area contributed by atoms with Gasteiger partial charge in [0.05, 0.1) is 18.2 Å². The van der Waals surface area contributed by atoms with E-state index in [0.717, 1.165) is 12.0 Å². The van der Waals surface area contributed by atoms with Gasteiger partial charge in [0.1, 0.15) is 0 Å². The Morgan fingerprint density at radius 1 is 0.778 bits per heavy atom. The average molecular weight is 625 g/mol. The van der Waals surface area contributed by atoms with E-state index >= 15 is 0 Å². The van der Waals surface area contributed by atoms with Crippen LogP contribution in [0.3, 0.4) is 0 Å². The number of aliphatic hydroxyl groups excluding tert-OH is 1. The SMILES string of the molecule is CCCN(Cc1ccccc1)[C@@H](CC(C)C)C(=O)N(CCC)[C@@H](CC(C)CCC(C)O)C(=O)C(O)(Cc1ccccc1)C(=O)O. The summed E-state index contributed by atoms with van der Waals surface area (Å²) >= 11 is 0. The number of aliphatic carboxylic acids is 1. The van der Waals surface area contributed by atoms with Gasteiger partial charge in [0, 0.05) is 19.5 Å². The van der Waals surface area contributed by atoms with E-state index in [1.165, 1.54) is 0 Å². The molecule has 0 saturated carbocycles. The quantitative estimate of drug-likeness (QED) is 0.152. The van der Waals surface area contributed by atoms with Crippen LogP contribution in [0.2, 0.25) is 0 Å². The highest BCUT2D eigenvalue weighted by Crippen LogP contribution is 2.28. The van der Waals surface area contributed by atoms with Gasteiger partial charge >= 0.3 is 5.97 Å². The second-order valence-corrected chi connectivity index (χ2v) is 13.1. The Labute approximate surface area is 270 Å². The van der Waals surface area contributed by atoms with Gasteiger partial charge in [0.15, 0.2) is 5.78 Å². The molecule has 0 aliphatic rings. The molecule has 2 aromatic carbocycles. The van der Waals surface area contributed by atoms with Gasteiger partial charge in [-0.2, -0.15) is 0 Å². The van der Waals surface area contributed by atoms with Crippen LogP contribution >= 0.6 is 0 Å². The van der Waals surface area contributed by atoms with Gasteiger partial charge in [-0.1, -0.05) is 95.3 Å². The van der Waals surface area contributed by atoms with Crippen molar-refractivity contribution in [1.29, 1.82) is 0 Å². The monoisotopic (exact) mass is 624 g/mol. The molecule has 0 heterocycles. The minimum absolute atomic E-state index is 0.116. The van der Waals surface area contributed by atoms with Crippen molar-refractivity contribution in [1.82, 2.24) is 9.80 Å². The number of aliphatic hydroxyl groups is 2. The first-order valence-electron chi connectivity index (χ1n) is 16.6.